The zero-order chi connectivity index (χ0) is 16.4. The smallest absolute Gasteiger partial charge is 0.251 e. The monoisotopic (exact) mass is 334 g/mol. The molecule has 0 atom stereocenters. The number of hydrogen-bond acceptors (Lipinski definition) is 4. The lowest BCUT2D eigenvalue weighted by Gasteiger charge is -2.11. The number of nitrogens with zero attached hydrogens (tertiary/aromatic N) is 3. The number of nitrogens with one attached hydrogen (secondary N) is 1. The summed E-state index contributed by atoms with van der Waals surface area (Å²) in [6.07, 6.45) is 5.37. The summed E-state index contributed by atoms with van der Waals surface area (Å²) in [7, 11) is 0. The second-order valence-electron chi connectivity index (χ2n) is 5.32. The van der Waals surface area contributed by atoms with Gasteiger partial charge in [-0.2, -0.15) is 0 Å². The van der Waals surface area contributed by atoms with Gasteiger partial charge in [-0.25, -0.2) is 9.97 Å². The molecule has 0 aliphatic rings. The third-order valence-electron chi connectivity index (χ3n) is 3.81. The van der Waals surface area contributed by atoms with E-state index >= 15 is 0 Å². The predicted molar refractivity (Wildman–Crippen MR) is 94.4 cm³/mol. The van der Waals surface area contributed by atoms with Crippen molar-refractivity contribution in [2.75, 3.05) is 0 Å². The first kappa shape index (κ1) is 14.6. The van der Waals surface area contributed by atoms with Crippen molar-refractivity contribution in [1.29, 1.82) is 0 Å². The second kappa shape index (κ2) is 6.25. The molecule has 1 amide bonds. The van der Waals surface area contributed by atoms with Gasteiger partial charge in [-0.05, 0) is 29.8 Å². The fourth-order valence-corrected chi connectivity index (χ4v) is 3.30. The highest BCUT2D eigenvalue weighted by molar-refractivity contribution is 7.16. The molecule has 118 valence electrons. The number of thiazole rings is 1. The van der Waals surface area contributed by atoms with E-state index in [-0.39, 0.29) is 5.91 Å². The zero-order valence-electron chi connectivity index (χ0n) is 12.7. The number of imidazole rings is 1. The van der Waals surface area contributed by atoms with Crippen molar-refractivity contribution in [1.82, 2.24) is 19.9 Å². The van der Waals surface area contributed by atoms with Gasteiger partial charge in [0.1, 0.15) is 0 Å². The molecule has 2 heterocycles. The van der Waals surface area contributed by atoms with Crippen LogP contribution in [0.3, 0.4) is 0 Å². The Labute approximate surface area is 142 Å². The SMILES string of the molecule is O=C(NCc1ccccc1-n1ccnc1)c1ccc2ncsc2c1. The van der Waals surface area contributed by atoms with Crippen LogP contribution < -0.4 is 5.32 Å². The van der Waals surface area contributed by atoms with E-state index in [4.69, 9.17) is 0 Å². The van der Waals surface area contributed by atoms with E-state index in [1.807, 2.05) is 47.2 Å². The van der Waals surface area contributed by atoms with Crippen molar-refractivity contribution in [2.45, 2.75) is 6.54 Å². The van der Waals surface area contributed by atoms with Gasteiger partial charge in [0.2, 0.25) is 0 Å². The number of fused-ring (bicyclic) bond motifs is 1. The Morgan fingerprint density at radius 2 is 2.12 bits per heavy atom. The molecule has 0 saturated heterocycles. The molecule has 4 aromatic rings. The zero-order valence-corrected chi connectivity index (χ0v) is 13.5. The van der Waals surface area contributed by atoms with Crippen molar-refractivity contribution < 1.29 is 4.79 Å². The number of rotatable bonds is 4. The van der Waals surface area contributed by atoms with Gasteiger partial charge in [-0.3, -0.25) is 4.79 Å². The molecule has 0 saturated carbocycles. The number of carbonyl (C=O) groups excluding carboxylic acids is 1. The average Bonchev–Trinajstić information content (AvgIpc) is 3.30. The van der Waals surface area contributed by atoms with Crippen molar-refractivity contribution in [3.05, 3.63) is 77.8 Å². The minimum Gasteiger partial charge on any atom is -0.348 e. The van der Waals surface area contributed by atoms with Crippen molar-refractivity contribution in [3.8, 4) is 5.69 Å². The number of amides is 1. The number of para-hydroxylation sites is 1. The van der Waals surface area contributed by atoms with Crippen molar-refractivity contribution in [2.24, 2.45) is 0 Å². The van der Waals surface area contributed by atoms with Gasteiger partial charge in [-0.1, -0.05) is 18.2 Å². The molecule has 4 rings (SSSR count). The topological polar surface area (TPSA) is 59.8 Å². The van der Waals surface area contributed by atoms with Crippen LogP contribution in [-0.4, -0.2) is 20.4 Å². The van der Waals surface area contributed by atoms with Gasteiger partial charge in [0.15, 0.2) is 0 Å². The summed E-state index contributed by atoms with van der Waals surface area (Å²) in [6, 6.07) is 13.5. The first-order chi connectivity index (χ1) is 11.8. The molecular formula is C18H14N4OS. The van der Waals surface area contributed by atoms with Crippen LogP contribution in [0.5, 0.6) is 0 Å². The Kier molecular flexibility index (Phi) is 3.80. The maximum atomic E-state index is 12.4. The molecule has 6 heteroatoms. The van der Waals surface area contributed by atoms with Crippen molar-refractivity contribution in [3.63, 3.8) is 0 Å². The molecular weight excluding hydrogens is 320 g/mol. The lowest BCUT2D eigenvalue weighted by atomic mass is 10.1. The first-order valence-electron chi connectivity index (χ1n) is 7.49. The summed E-state index contributed by atoms with van der Waals surface area (Å²) in [6.45, 7) is 0.452. The van der Waals surface area contributed by atoms with Gasteiger partial charge < -0.3 is 9.88 Å². The molecule has 2 aromatic carbocycles. The molecule has 0 spiro atoms. The molecule has 0 bridgehead atoms. The normalized spacial score (nSPS) is 10.8. The summed E-state index contributed by atoms with van der Waals surface area (Å²) >= 11 is 1.53. The Morgan fingerprint density at radius 3 is 3.00 bits per heavy atom. The van der Waals surface area contributed by atoms with E-state index < -0.39 is 0 Å². The lowest BCUT2D eigenvalue weighted by Crippen LogP contribution is -2.23. The standard InChI is InChI=1S/C18H14N4OS/c23-18(13-5-6-15-17(9-13)24-12-21-15)20-10-14-3-1-2-4-16(14)22-8-7-19-11-22/h1-9,11-12H,10H2,(H,20,23). The summed E-state index contributed by atoms with van der Waals surface area (Å²) in [5.41, 5.74) is 5.39. The van der Waals surface area contributed by atoms with E-state index in [2.05, 4.69) is 15.3 Å². The summed E-state index contributed by atoms with van der Waals surface area (Å²) in [4.78, 5) is 20.7. The second-order valence-corrected chi connectivity index (χ2v) is 6.20. The third-order valence-corrected chi connectivity index (χ3v) is 4.60. The highest BCUT2D eigenvalue weighted by atomic mass is 32.1. The van der Waals surface area contributed by atoms with Gasteiger partial charge in [-0.15, -0.1) is 11.3 Å². The summed E-state index contributed by atoms with van der Waals surface area (Å²) in [5, 5.41) is 2.99. The Morgan fingerprint density at radius 1 is 1.21 bits per heavy atom. The van der Waals surface area contributed by atoms with Crippen LogP contribution in [-0.2, 0) is 6.54 Å². The van der Waals surface area contributed by atoms with Crippen LogP contribution in [0.4, 0.5) is 0 Å². The van der Waals surface area contributed by atoms with Gasteiger partial charge in [0, 0.05) is 24.5 Å². The van der Waals surface area contributed by atoms with E-state index in [0.29, 0.717) is 12.1 Å². The Hall–Kier alpha value is -2.99. The average molecular weight is 334 g/mol. The van der Waals surface area contributed by atoms with E-state index in [9.17, 15) is 4.79 Å². The molecule has 5 nitrogen and oxygen atoms in total. The molecule has 24 heavy (non-hydrogen) atoms. The summed E-state index contributed by atoms with van der Waals surface area (Å²) < 4.78 is 2.95. The highest BCUT2D eigenvalue weighted by Gasteiger charge is 2.09. The number of benzene rings is 2. The molecule has 0 fully saturated rings. The molecule has 0 unspecified atom stereocenters. The largest absolute Gasteiger partial charge is 0.348 e. The minimum atomic E-state index is -0.0919. The van der Waals surface area contributed by atoms with Crippen LogP contribution in [0.25, 0.3) is 15.9 Å². The fourth-order valence-electron chi connectivity index (χ4n) is 2.59. The van der Waals surface area contributed by atoms with Crippen LogP contribution >= 0.6 is 11.3 Å². The van der Waals surface area contributed by atoms with Crippen molar-refractivity contribution >= 4 is 27.5 Å². The lowest BCUT2D eigenvalue weighted by molar-refractivity contribution is 0.0951. The maximum absolute atomic E-state index is 12.4. The van der Waals surface area contributed by atoms with E-state index in [0.717, 1.165) is 21.5 Å². The number of carbonyl (C=O) groups is 1. The van der Waals surface area contributed by atoms with Gasteiger partial charge >= 0.3 is 0 Å². The molecule has 2 aromatic heterocycles. The van der Waals surface area contributed by atoms with Gasteiger partial charge in [0.25, 0.3) is 5.91 Å². The highest BCUT2D eigenvalue weighted by Crippen LogP contribution is 2.19. The molecule has 0 radical (unpaired) electrons. The van der Waals surface area contributed by atoms with Crippen LogP contribution in [0.15, 0.2) is 66.7 Å². The Balaban J connectivity index is 1.53. The first-order valence-corrected chi connectivity index (χ1v) is 8.37. The number of hydrogen-bond donors (Lipinski definition) is 1. The van der Waals surface area contributed by atoms with E-state index in [1.165, 1.54) is 11.3 Å². The van der Waals surface area contributed by atoms with Crippen LogP contribution in [0.1, 0.15) is 15.9 Å². The molecule has 1 N–H and O–H groups in total. The summed E-state index contributed by atoms with van der Waals surface area (Å²) in [5.74, 6) is -0.0919. The van der Waals surface area contributed by atoms with Crippen LogP contribution in [0.2, 0.25) is 0 Å². The van der Waals surface area contributed by atoms with E-state index in [1.54, 1.807) is 24.1 Å². The van der Waals surface area contributed by atoms with Gasteiger partial charge in [0.05, 0.1) is 27.7 Å². The Bertz CT molecular complexity index is 991. The molecule has 0 aliphatic carbocycles. The predicted octanol–water partition coefficient (Wildman–Crippen LogP) is 3.41. The minimum absolute atomic E-state index is 0.0919. The number of aromatic nitrogens is 3. The maximum Gasteiger partial charge on any atom is 0.251 e. The third kappa shape index (κ3) is 2.79. The fraction of sp³-hybridized carbons (Fsp3) is 0.0556. The van der Waals surface area contributed by atoms with Crippen LogP contribution in [0, 0.1) is 0 Å². The quantitative estimate of drug-likeness (QED) is 0.622. The molecule has 0 aliphatic heterocycles.